The Morgan fingerprint density at radius 1 is 1.23 bits per heavy atom. The summed E-state index contributed by atoms with van der Waals surface area (Å²) < 4.78 is 1.29. The molecule has 4 rings (SSSR count). The van der Waals surface area contributed by atoms with Crippen LogP contribution in [0.25, 0.3) is 10.8 Å². The topological polar surface area (TPSA) is 67.6 Å². The van der Waals surface area contributed by atoms with Gasteiger partial charge in [-0.25, -0.2) is 9.67 Å². The molecule has 0 unspecified atom stereocenters. The van der Waals surface area contributed by atoms with Gasteiger partial charge < -0.3 is 0 Å². The van der Waals surface area contributed by atoms with Gasteiger partial charge in [-0.3, -0.25) is 14.5 Å². The largest absolute Gasteiger partial charge is 0.291 e. The fourth-order valence-electron chi connectivity index (χ4n) is 3.39. The number of nitrogens with zero attached hydrogens (tertiary/aromatic N) is 4. The van der Waals surface area contributed by atoms with E-state index in [0.29, 0.717) is 33.2 Å². The summed E-state index contributed by atoms with van der Waals surface area (Å²) in [6.07, 6.45) is 0.994. The van der Waals surface area contributed by atoms with Crippen LogP contribution in [-0.4, -0.2) is 38.1 Å². The Hall–Kier alpha value is -2.64. The standard InChI is InChI=1S/C22H21ClN4O2S/c1-14-8-9-15(12-18(14)23)24-22-27(10-5-11-30-22)20(28)13-19-16-6-3-4-7-17(16)21(29)26(2)25-19/h3-4,6-9,12H,5,10-11,13H2,1-2H3. The number of hydrogen-bond acceptors (Lipinski definition) is 5. The molecular formula is C22H21ClN4O2S. The van der Waals surface area contributed by atoms with Gasteiger partial charge in [-0.15, -0.1) is 0 Å². The van der Waals surface area contributed by atoms with Crippen LogP contribution in [0.3, 0.4) is 0 Å². The molecule has 1 amide bonds. The van der Waals surface area contributed by atoms with Crippen molar-refractivity contribution >= 4 is 50.9 Å². The molecule has 0 N–H and O–H groups in total. The van der Waals surface area contributed by atoms with Crippen molar-refractivity contribution in [2.45, 2.75) is 19.8 Å². The zero-order valence-corrected chi connectivity index (χ0v) is 18.3. The van der Waals surface area contributed by atoms with E-state index in [4.69, 9.17) is 11.6 Å². The highest BCUT2D eigenvalue weighted by atomic mass is 35.5. The monoisotopic (exact) mass is 440 g/mol. The van der Waals surface area contributed by atoms with Crippen molar-refractivity contribution in [2.24, 2.45) is 12.0 Å². The van der Waals surface area contributed by atoms with Crippen LogP contribution in [0, 0.1) is 6.92 Å². The summed E-state index contributed by atoms with van der Waals surface area (Å²) in [6.45, 7) is 2.54. The minimum Gasteiger partial charge on any atom is -0.291 e. The van der Waals surface area contributed by atoms with E-state index in [1.54, 1.807) is 29.8 Å². The van der Waals surface area contributed by atoms with Crippen LogP contribution >= 0.6 is 23.4 Å². The zero-order valence-electron chi connectivity index (χ0n) is 16.8. The SMILES string of the molecule is Cc1ccc(N=C2SCCCN2C(=O)Cc2nn(C)c(=O)c3ccccc23)cc1Cl. The molecule has 2 aromatic carbocycles. The molecule has 154 valence electrons. The summed E-state index contributed by atoms with van der Waals surface area (Å²) in [4.78, 5) is 31.9. The molecule has 0 bridgehead atoms. The predicted octanol–water partition coefficient (Wildman–Crippen LogP) is 4.09. The summed E-state index contributed by atoms with van der Waals surface area (Å²) in [5.41, 5.74) is 2.12. The first kappa shape index (κ1) is 20.6. The van der Waals surface area contributed by atoms with Crippen molar-refractivity contribution in [2.75, 3.05) is 12.3 Å². The second kappa shape index (κ2) is 8.62. The number of benzene rings is 2. The Labute approximate surface area is 183 Å². The summed E-state index contributed by atoms with van der Waals surface area (Å²) in [7, 11) is 1.60. The molecule has 3 aromatic rings. The summed E-state index contributed by atoms with van der Waals surface area (Å²) in [6, 6.07) is 12.9. The summed E-state index contributed by atoms with van der Waals surface area (Å²) in [5, 5.41) is 6.95. The van der Waals surface area contributed by atoms with E-state index in [0.717, 1.165) is 23.4 Å². The minimum absolute atomic E-state index is 0.0875. The zero-order chi connectivity index (χ0) is 21.3. The number of halogens is 1. The van der Waals surface area contributed by atoms with Crippen molar-refractivity contribution in [3.05, 3.63) is 69.1 Å². The van der Waals surface area contributed by atoms with Gasteiger partial charge in [0.2, 0.25) is 5.91 Å². The molecule has 1 aromatic heterocycles. The average molecular weight is 441 g/mol. The first-order valence-corrected chi connectivity index (χ1v) is 11.0. The van der Waals surface area contributed by atoms with Gasteiger partial charge >= 0.3 is 0 Å². The highest BCUT2D eigenvalue weighted by Crippen LogP contribution is 2.27. The van der Waals surface area contributed by atoms with E-state index < -0.39 is 0 Å². The Morgan fingerprint density at radius 2 is 2.00 bits per heavy atom. The van der Waals surface area contributed by atoms with E-state index in [-0.39, 0.29) is 17.9 Å². The van der Waals surface area contributed by atoms with Crippen molar-refractivity contribution < 1.29 is 4.79 Å². The van der Waals surface area contributed by atoms with Crippen LogP contribution in [0.15, 0.2) is 52.3 Å². The summed E-state index contributed by atoms with van der Waals surface area (Å²) in [5.74, 6) is 0.818. The fraction of sp³-hybridized carbons (Fsp3) is 0.273. The lowest BCUT2D eigenvalue weighted by Crippen LogP contribution is -2.40. The molecule has 2 heterocycles. The van der Waals surface area contributed by atoms with Crippen molar-refractivity contribution in [1.82, 2.24) is 14.7 Å². The number of thioether (sulfide) groups is 1. The summed E-state index contributed by atoms with van der Waals surface area (Å²) >= 11 is 7.79. The molecule has 0 spiro atoms. The van der Waals surface area contributed by atoms with Gasteiger partial charge in [0.05, 0.1) is 23.2 Å². The van der Waals surface area contributed by atoms with Gasteiger partial charge in [0, 0.05) is 29.8 Å². The maximum Gasteiger partial charge on any atom is 0.274 e. The third-order valence-corrected chi connectivity index (χ3v) is 6.49. The molecule has 0 saturated carbocycles. The minimum atomic E-state index is -0.172. The molecule has 0 aliphatic carbocycles. The molecule has 30 heavy (non-hydrogen) atoms. The Morgan fingerprint density at radius 3 is 2.77 bits per heavy atom. The van der Waals surface area contributed by atoms with E-state index in [1.165, 1.54) is 4.68 Å². The van der Waals surface area contributed by atoms with Crippen LogP contribution < -0.4 is 5.56 Å². The number of rotatable bonds is 3. The average Bonchev–Trinajstić information content (AvgIpc) is 2.75. The quantitative estimate of drug-likeness (QED) is 0.615. The lowest BCUT2D eigenvalue weighted by molar-refractivity contribution is -0.126. The molecular weight excluding hydrogens is 420 g/mol. The first-order valence-electron chi connectivity index (χ1n) is 9.67. The Bertz CT molecular complexity index is 1220. The maximum atomic E-state index is 13.2. The second-order valence-electron chi connectivity index (χ2n) is 7.17. The number of hydrogen-bond donors (Lipinski definition) is 0. The van der Waals surface area contributed by atoms with Crippen molar-refractivity contribution in [3.63, 3.8) is 0 Å². The highest BCUT2D eigenvalue weighted by Gasteiger charge is 2.25. The van der Waals surface area contributed by atoms with Gasteiger partial charge in [-0.05, 0) is 37.1 Å². The second-order valence-corrected chi connectivity index (χ2v) is 8.64. The lowest BCUT2D eigenvalue weighted by atomic mass is 10.1. The van der Waals surface area contributed by atoms with E-state index in [1.807, 2.05) is 43.3 Å². The normalized spacial score (nSPS) is 15.7. The van der Waals surface area contributed by atoms with Gasteiger partial charge in [0.15, 0.2) is 5.17 Å². The smallest absolute Gasteiger partial charge is 0.274 e. The Balaban J connectivity index is 1.66. The van der Waals surface area contributed by atoms with Crippen LogP contribution in [0.2, 0.25) is 5.02 Å². The van der Waals surface area contributed by atoms with Gasteiger partial charge in [-0.1, -0.05) is 47.6 Å². The number of aromatic nitrogens is 2. The van der Waals surface area contributed by atoms with Crippen molar-refractivity contribution in [1.29, 1.82) is 0 Å². The third kappa shape index (κ3) is 4.13. The van der Waals surface area contributed by atoms with E-state index >= 15 is 0 Å². The third-order valence-electron chi connectivity index (χ3n) is 5.02. The number of amidine groups is 1. The molecule has 8 heteroatoms. The molecule has 1 aliphatic rings. The predicted molar refractivity (Wildman–Crippen MR) is 123 cm³/mol. The van der Waals surface area contributed by atoms with Gasteiger partial charge in [0.25, 0.3) is 5.56 Å². The lowest BCUT2D eigenvalue weighted by Gasteiger charge is -2.28. The highest BCUT2D eigenvalue weighted by molar-refractivity contribution is 8.13. The van der Waals surface area contributed by atoms with E-state index in [9.17, 15) is 9.59 Å². The maximum absolute atomic E-state index is 13.2. The number of carbonyl (C=O) groups excluding carboxylic acids is 1. The number of amides is 1. The molecule has 6 nitrogen and oxygen atoms in total. The molecule has 1 fully saturated rings. The number of carbonyl (C=O) groups is 1. The molecule has 0 radical (unpaired) electrons. The Kier molecular flexibility index (Phi) is 5.92. The van der Waals surface area contributed by atoms with Crippen LogP contribution in [0.5, 0.6) is 0 Å². The molecule has 0 atom stereocenters. The van der Waals surface area contributed by atoms with Crippen molar-refractivity contribution in [3.8, 4) is 0 Å². The van der Waals surface area contributed by atoms with Crippen LogP contribution in [-0.2, 0) is 18.3 Å². The first-order chi connectivity index (χ1) is 14.4. The van der Waals surface area contributed by atoms with E-state index in [2.05, 4.69) is 10.1 Å². The van der Waals surface area contributed by atoms with Gasteiger partial charge in [0.1, 0.15) is 0 Å². The van der Waals surface area contributed by atoms with Crippen LogP contribution in [0.4, 0.5) is 5.69 Å². The number of fused-ring (bicyclic) bond motifs is 1. The molecule has 1 aliphatic heterocycles. The fourth-order valence-corrected chi connectivity index (χ4v) is 4.54. The van der Waals surface area contributed by atoms with Crippen LogP contribution in [0.1, 0.15) is 17.7 Å². The van der Waals surface area contributed by atoms with Gasteiger partial charge in [-0.2, -0.15) is 5.10 Å². The number of aliphatic imine (C=N–C) groups is 1. The number of aryl methyl sites for hydroxylation is 2. The molecule has 1 saturated heterocycles.